The van der Waals surface area contributed by atoms with Gasteiger partial charge in [0.25, 0.3) is 5.91 Å². The van der Waals surface area contributed by atoms with Crippen LogP contribution in [0.3, 0.4) is 0 Å². The number of anilines is 1. The maximum absolute atomic E-state index is 13.7. The fourth-order valence-electron chi connectivity index (χ4n) is 6.22. The fraction of sp³-hybridized carbons (Fsp3) is 0.452. The second kappa shape index (κ2) is 11.0. The van der Waals surface area contributed by atoms with E-state index in [9.17, 15) is 28.4 Å². The monoisotopic (exact) mass is 592 g/mol. The number of carbonyl (C=O) groups excluding carboxylic acids is 4. The molecule has 0 aromatic heterocycles. The minimum atomic E-state index is -1.56. The third-order valence-corrected chi connectivity index (χ3v) is 8.96. The van der Waals surface area contributed by atoms with E-state index in [1.54, 1.807) is 35.2 Å². The highest BCUT2D eigenvalue weighted by molar-refractivity contribution is 6.06. The lowest BCUT2D eigenvalue weighted by Gasteiger charge is -2.30. The van der Waals surface area contributed by atoms with E-state index in [1.165, 1.54) is 12.1 Å². The molecule has 1 spiro atoms. The van der Waals surface area contributed by atoms with Gasteiger partial charge in [-0.05, 0) is 86.3 Å². The van der Waals surface area contributed by atoms with Crippen molar-refractivity contribution >= 4 is 35.6 Å². The molecular weight excluding hydrogens is 559 g/mol. The Labute approximate surface area is 247 Å². The SMILES string of the molecule is C[C@@H](C1CC1)N(Cc1ccc(F)cc1)C(=O)CN1C(=O)OC2(CCc3cc(NC(=O)[C@H](NC(=O)O)C4CC4)ccc32)C1=O. The number of hydrogen-bond donors (Lipinski definition) is 3. The van der Waals surface area contributed by atoms with Crippen LogP contribution in [-0.2, 0) is 37.7 Å². The summed E-state index contributed by atoms with van der Waals surface area (Å²) in [6.07, 6.45) is 1.93. The number of imide groups is 1. The zero-order chi connectivity index (χ0) is 30.5. The van der Waals surface area contributed by atoms with Gasteiger partial charge in [0.2, 0.25) is 17.4 Å². The van der Waals surface area contributed by atoms with E-state index in [0.717, 1.165) is 36.1 Å². The molecule has 1 saturated heterocycles. The van der Waals surface area contributed by atoms with Crippen molar-refractivity contribution in [2.45, 2.75) is 69.7 Å². The minimum Gasteiger partial charge on any atom is -0.465 e. The first-order valence-electron chi connectivity index (χ1n) is 14.6. The van der Waals surface area contributed by atoms with E-state index in [0.29, 0.717) is 29.2 Å². The fourth-order valence-corrected chi connectivity index (χ4v) is 6.22. The summed E-state index contributed by atoms with van der Waals surface area (Å²) in [5.74, 6) is -1.57. The Morgan fingerprint density at radius 2 is 1.79 bits per heavy atom. The number of nitrogens with one attached hydrogen (secondary N) is 2. The molecule has 12 heteroatoms. The van der Waals surface area contributed by atoms with Crippen molar-refractivity contribution in [3.8, 4) is 0 Å². The number of rotatable bonds is 10. The van der Waals surface area contributed by atoms with E-state index in [1.807, 2.05) is 6.92 Å². The Morgan fingerprint density at radius 3 is 2.44 bits per heavy atom. The zero-order valence-corrected chi connectivity index (χ0v) is 23.7. The Kier molecular flexibility index (Phi) is 7.31. The summed E-state index contributed by atoms with van der Waals surface area (Å²) >= 11 is 0. The average molecular weight is 593 g/mol. The molecule has 226 valence electrons. The van der Waals surface area contributed by atoms with Crippen molar-refractivity contribution in [2.24, 2.45) is 11.8 Å². The second-order valence-corrected chi connectivity index (χ2v) is 11.9. The molecule has 3 N–H and O–H groups in total. The first-order valence-corrected chi connectivity index (χ1v) is 14.6. The average Bonchev–Trinajstić information content (AvgIpc) is 3.91. The Bertz CT molecular complexity index is 1490. The number of halogens is 1. The standard InChI is InChI=1S/C31H33FN4O7/c1-17(19-4-5-19)35(15-18-2-8-22(32)9-3-18)25(37)16-36-28(39)31(43-30(36)42)13-12-21-14-23(10-11-24(21)31)33-27(38)26(20-6-7-20)34-29(40)41/h2-3,8-11,14,17,19-20,26,34H,4-7,12-13,15-16H2,1H3,(H,33,38)(H,40,41)/t17-,26+,31?/m0/s1. The molecule has 4 aliphatic rings. The van der Waals surface area contributed by atoms with Gasteiger partial charge >= 0.3 is 12.2 Å². The van der Waals surface area contributed by atoms with Crippen LogP contribution >= 0.6 is 0 Å². The molecule has 3 atom stereocenters. The lowest BCUT2D eigenvalue weighted by atomic mass is 9.94. The first-order chi connectivity index (χ1) is 20.6. The highest BCUT2D eigenvalue weighted by atomic mass is 19.1. The quantitative estimate of drug-likeness (QED) is 0.381. The molecule has 2 aromatic carbocycles. The van der Waals surface area contributed by atoms with Crippen molar-refractivity contribution < 1.29 is 38.2 Å². The predicted octanol–water partition coefficient (Wildman–Crippen LogP) is 3.76. The number of carboxylic acid groups (broad SMARTS) is 1. The van der Waals surface area contributed by atoms with Gasteiger partial charge in [0, 0.05) is 30.3 Å². The lowest BCUT2D eigenvalue weighted by Crippen LogP contribution is -2.47. The van der Waals surface area contributed by atoms with Crippen LogP contribution in [0.5, 0.6) is 0 Å². The molecule has 5 amide bonds. The normalized spacial score (nSPS) is 22.1. The van der Waals surface area contributed by atoms with Gasteiger partial charge in [0.1, 0.15) is 18.4 Å². The highest BCUT2D eigenvalue weighted by Crippen LogP contribution is 2.46. The Morgan fingerprint density at radius 1 is 1.09 bits per heavy atom. The van der Waals surface area contributed by atoms with Gasteiger partial charge in [-0.1, -0.05) is 18.2 Å². The van der Waals surface area contributed by atoms with Crippen molar-refractivity contribution in [1.29, 1.82) is 0 Å². The van der Waals surface area contributed by atoms with Crippen LogP contribution in [0.4, 0.5) is 19.7 Å². The summed E-state index contributed by atoms with van der Waals surface area (Å²) in [5.41, 5.74) is 0.828. The summed E-state index contributed by atoms with van der Waals surface area (Å²) < 4.78 is 19.2. The molecule has 11 nitrogen and oxygen atoms in total. The summed E-state index contributed by atoms with van der Waals surface area (Å²) in [4.78, 5) is 66.8. The number of fused-ring (bicyclic) bond motifs is 2. The van der Waals surface area contributed by atoms with Crippen molar-refractivity contribution in [3.05, 3.63) is 65.0 Å². The molecule has 2 aromatic rings. The number of carbonyl (C=O) groups is 5. The number of ether oxygens (including phenoxy) is 1. The van der Waals surface area contributed by atoms with Crippen LogP contribution < -0.4 is 10.6 Å². The van der Waals surface area contributed by atoms with Gasteiger partial charge < -0.3 is 25.4 Å². The maximum Gasteiger partial charge on any atom is 0.418 e. The summed E-state index contributed by atoms with van der Waals surface area (Å²) in [6.45, 7) is 1.69. The van der Waals surface area contributed by atoms with Crippen LogP contribution in [-0.4, -0.2) is 63.4 Å². The smallest absolute Gasteiger partial charge is 0.418 e. The number of benzene rings is 2. The number of hydrogen-bond acceptors (Lipinski definition) is 6. The first kappa shape index (κ1) is 28.6. The van der Waals surface area contributed by atoms with Crippen LogP contribution in [0.15, 0.2) is 42.5 Å². The van der Waals surface area contributed by atoms with Gasteiger partial charge in [0.05, 0.1) is 0 Å². The van der Waals surface area contributed by atoms with Crippen LogP contribution in [0.1, 0.15) is 55.7 Å². The Balaban J connectivity index is 1.16. The Hall–Kier alpha value is -4.48. The highest BCUT2D eigenvalue weighted by Gasteiger charge is 2.58. The van der Waals surface area contributed by atoms with Gasteiger partial charge in [-0.3, -0.25) is 14.4 Å². The third-order valence-electron chi connectivity index (χ3n) is 8.96. The molecule has 1 aliphatic heterocycles. The zero-order valence-electron chi connectivity index (χ0n) is 23.7. The predicted molar refractivity (Wildman–Crippen MR) is 150 cm³/mol. The lowest BCUT2D eigenvalue weighted by molar-refractivity contribution is -0.143. The van der Waals surface area contributed by atoms with Gasteiger partial charge in [-0.15, -0.1) is 0 Å². The van der Waals surface area contributed by atoms with Gasteiger partial charge in [-0.25, -0.2) is 18.9 Å². The van der Waals surface area contributed by atoms with E-state index in [4.69, 9.17) is 9.84 Å². The molecular formula is C31H33FN4O7. The molecule has 1 heterocycles. The number of aryl methyl sites for hydroxylation is 1. The van der Waals surface area contributed by atoms with E-state index in [2.05, 4.69) is 10.6 Å². The summed E-state index contributed by atoms with van der Waals surface area (Å²) in [6, 6.07) is 9.82. The van der Waals surface area contributed by atoms with E-state index < -0.39 is 48.1 Å². The van der Waals surface area contributed by atoms with E-state index >= 15 is 0 Å². The number of nitrogens with zero attached hydrogens (tertiary/aromatic N) is 2. The molecule has 6 rings (SSSR count). The molecule has 43 heavy (non-hydrogen) atoms. The largest absolute Gasteiger partial charge is 0.465 e. The maximum atomic E-state index is 13.7. The van der Waals surface area contributed by atoms with Crippen LogP contribution in [0.2, 0.25) is 0 Å². The molecule has 0 bridgehead atoms. The summed E-state index contributed by atoms with van der Waals surface area (Å²) in [7, 11) is 0. The molecule has 1 unspecified atom stereocenters. The van der Waals surface area contributed by atoms with Gasteiger partial charge in [0.15, 0.2) is 0 Å². The molecule has 0 radical (unpaired) electrons. The van der Waals surface area contributed by atoms with Crippen molar-refractivity contribution in [1.82, 2.24) is 15.1 Å². The van der Waals surface area contributed by atoms with Crippen LogP contribution in [0, 0.1) is 17.7 Å². The van der Waals surface area contributed by atoms with Crippen molar-refractivity contribution in [3.63, 3.8) is 0 Å². The molecule has 3 aliphatic carbocycles. The summed E-state index contributed by atoms with van der Waals surface area (Å²) in [5, 5.41) is 14.1. The minimum absolute atomic E-state index is 0.0445. The topological polar surface area (TPSA) is 145 Å². The van der Waals surface area contributed by atoms with Gasteiger partial charge in [-0.2, -0.15) is 0 Å². The molecule has 3 fully saturated rings. The number of amides is 5. The van der Waals surface area contributed by atoms with Crippen molar-refractivity contribution in [2.75, 3.05) is 11.9 Å². The third kappa shape index (κ3) is 5.65. The second-order valence-electron chi connectivity index (χ2n) is 11.9. The van der Waals surface area contributed by atoms with Crippen LogP contribution in [0.25, 0.3) is 0 Å². The molecule has 2 saturated carbocycles. The van der Waals surface area contributed by atoms with E-state index in [-0.39, 0.29) is 30.7 Å².